The van der Waals surface area contributed by atoms with Gasteiger partial charge >= 0.3 is 0 Å². The van der Waals surface area contributed by atoms with Crippen LogP contribution < -0.4 is 5.32 Å². The smallest absolute Gasteiger partial charge is 0.180 e. The average Bonchev–Trinajstić information content (AvgIpc) is 2.64. The first-order valence-corrected chi connectivity index (χ1v) is 4.59. The van der Waals surface area contributed by atoms with E-state index in [0.717, 1.165) is 25.1 Å². The van der Waals surface area contributed by atoms with Crippen molar-refractivity contribution >= 4 is 0 Å². The number of aromatic nitrogens is 1. The number of hydrogen-bond donors (Lipinski definition) is 2. The van der Waals surface area contributed by atoms with Gasteiger partial charge in [-0.2, -0.15) is 0 Å². The van der Waals surface area contributed by atoms with Crippen molar-refractivity contribution in [2.75, 3.05) is 6.54 Å². The fourth-order valence-corrected chi connectivity index (χ4v) is 1.01. The molecule has 1 rings (SSSR count). The number of nitrogens with zero attached hydrogens (tertiary/aromatic N) is 1. The minimum Gasteiger partial charge on any atom is -0.447 e. The molecule has 4 nitrogen and oxygen atoms in total. The van der Waals surface area contributed by atoms with E-state index in [1.54, 1.807) is 6.20 Å². The monoisotopic (exact) mass is 184 g/mol. The van der Waals surface area contributed by atoms with Crippen molar-refractivity contribution in [1.29, 1.82) is 0 Å². The first kappa shape index (κ1) is 10.2. The Hall–Kier alpha value is -0.870. The second-order valence-corrected chi connectivity index (χ2v) is 3.00. The predicted octanol–water partition coefficient (Wildman–Crippen LogP) is 0.925. The van der Waals surface area contributed by atoms with Gasteiger partial charge in [-0.05, 0) is 19.4 Å². The van der Waals surface area contributed by atoms with E-state index in [2.05, 4.69) is 10.3 Å². The molecule has 1 aromatic heterocycles. The zero-order valence-electron chi connectivity index (χ0n) is 7.86. The van der Waals surface area contributed by atoms with Crippen molar-refractivity contribution < 1.29 is 9.52 Å². The van der Waals surface area contributed by atoms with Crippen LogP contribution in [0.3, 0.4) is 0 Å². The van der Waals surface area contributed by atoms with E-state index in [9.17, 15) is 5.11 Å². The molecule has 0 amide bonds. The van der Waals surface area contributed by atoms with E-state index in [4.69, 9.17) is 4.42 Å². The highest BCUT2D eigenvalue weighted by Gasteiger charge is 2.00. The summed E-state index contributed by atoms with van der Waals surface area (Å²) in [4.78, 5) is 3.80. The summed E-state index contributed by atoms with van der Waals surface area (Å²) in [5.41, 5.74) is 0. The number of rotatable bonds is 6. The lowest BCUT2D eigenvalue weighted by Gasteiger charge is -2.07. The molecule has 0 fully saturated rings. The minimum absolute atomic E-state index is 0.192. The highest BCUT2D eigenvalue weighted by atomic mass is 16.3. The molecule has 0 bridgehead atoms. The van der Waals surface area contributed by atoms with E-state index in [-0.39, 0.29) is 6.10 Å². The molecule has 0 aliphatic rings. The molecule has 1 aromatic rings. The Morgan fingerprint density at radius 3 is 3.15 bits per heavy atom. The van der Waals surface area contributed by atoms with Gasteiger partial charge in [0.2, 0.25) is 0 Å². The zero-order valence-corrected chi connectivity index (χ0v) is 7.86. The molecule has 1 atom stereocenters. The molecule has 0 radical (unpaired) electrons. The van der Waals surface area contributed by atoms with Crippen LogP contribution in [0.4, 0.5) is 0 Å². The van der Waals surface area contributed by atoms with Gasteiger partial charge in [-0.25, -0.2) is 4.98 Å². The summed E-state index contributed by atoms with van der Waals surface area (Å²) < 4.78 is 5.03. The third kappa shape index (κ3) is 4.05. The Kier molecular flexibility index (Phi) is 4.49. The summed E-state index contributed by atoms with van der Waals surface area (Å²) in [6.07, 6.45) is 4.50. The van der Waals surface area contributed by atoms with Gasteiger partial charge in [0.1, 0.15) is 5.76 Å². The number of nitrogens with one attached hydrogen (secondary N) is 1. The second-order valence-electron chi connectivity index (χ2n) is 3.00. The molecule has 2 N–H and O–H groups in total. The maximum absolute atomic E-state index is 9.24. The Balaban J connectivity index is 2.02. The van der Waals surface area contributed by atoms with Crippen LogP contribution >= 0.6 is 0 Å². The van der Waals surface area contributed by atoms with Gasteiger partial charge in [0.05, 0.1) is 18.8 Å². The van der Waals surface area contributed by atoms with Crippen LogP contribution in [0.25, 0.3) is 0 Å². The summed E-state index contributed by atoms with van der Waals surface area (Å²) >= 11 is 0. The molecule has 0 saturated heterocycles. The molecular formula is C9H16N2O2. The lowest BCUT2D eigenvalue weighted by Crippen LogP contribution is -2.19. The molecule has 0 aromatic carbocycles. The highest BCUT2D eigenvalue weighted by molar-refractivity contribution is 4.86. The van der Waals surface area contributed by atoms with E-state index >= 15 is 0 Å². The fraction of sp³-hybridized carbons (Fsp3) is 0.667. The van der Waals surface area contributed by atoms with Crippen molar-refractivity contribution in [2.45, 2.75) is 32.4 Å². The van der Waals surface area contributed by atoms with E-state index < -0.39 is 0 Å². The molecule has 13 heavy (non-hydrogen) atoms. The number of aliphatic hydroxyl groups is 1. The molecule has 1 heterocycles. The molecule has 4 heteroatoms. The first-order valence-electron chi connectivity index (χ1n) is 4.59. The Morgan fingerprint density at radius 2 is 2.54 bits per heavy atom. The molecular weight excluding hydrogens is 168 g/mol. The van der Waals surface area contributed by atoms with Crippen LogP contribution in [0.5, 0.6) is 0 Å². The lowest BCUT2D eigenvalue weighted by atomic mass is 10.2. The van der Waals surface area contributed by atoms with Gasteiger partial charge in [-0.15, -0.1) is 0 Å². The fourth-order valence-electron chi connectivity index (χ4n) is 1.01. The second kappa shape index (κ2) is 5.72. The SMILES string of the molecule is CCC(O)CCNCc1cnco1. The number of aliphatic hydroxyl groups excluding tert-OH is 1. The van der Waals surface area contributed by atoms with Crippen LogP contribution in [0, 0.1) is 0 Å². The predicted molar refractivity (Wildman–Crippen MR) is 49.1 cm³/mol. The summed E-state index contributed by atoms with van der Waals surface area (Å²) in [6.45, 7) is 3.45. The minimum atomic E-state index is -0.192. The maximum Gasteiger partial charge on any atom is 0.180 e. The van der Waals surface area contributed by atoms with Crippen molar-refractivity contribution in [3.63, 3.8) is 0 Å². The summed E-state index contributed by atoms with van der Waals surface area (Å²) in [5, 5.41) is 12.4. The van der Waals surface area contributed by atoms with Gasteiger partial charge in [0.25, 0.3) is 0 Å². The third-order valence-corrected chi connectivity index (χ3v) is 1.91. The Morgan fingerprint density at radius 1 is 1.69 bits per heavy atom. The van der Waals surface area contributed by atoms with Crippen LogP contribution in [-0.4, -0.2) is 22.7 Å². The summed E-state index contributed by atoms with van der Waals surface area (Å²) in [6, 6.07) is 0. The molecule has 0 aliphatic carbocycles. The van der Waals surface area contributed by atoms with Gasteiger partial charge in [-0.1, -0.05) is 6.92 Å². The average molecular weight is 184 g/mol. The van der Waals surface area contributed by atoms with E-state index in [0.29, 0.717) is 6.54 Å². The maximum atomic E-state index is 9.24. The van der Waals surface area contributed by atoms with Crippen LogP contribution in [0.2, 0.25) is 0 Å². The molecule has 1 unspecified atom stereocenters. The van der Waals surface area contributed by atoms with Gasteiger partial charge < -0.3 is 14.8 Å². The Labute approximate surface area is 78.0 Å². The first-order chi connectivity index (χ1) is 6.33. The number of oxazole rings is 1. The van der Waals surface area contributed by atoms with Crippen molar-refractivity contribution in [3.05, 3.63) is 18.4 Å². The summed E-state index contributed by atoms with van der Waals surface area (Å²) in [7, 11) is 0. The molecule has 74 valence electrons. The quantitative estimate of drug-likeness (QED) is 0.646. The molecule has 0 spiro atoms. The van der Waals surface area contributed by atoms with Crippen molar-refractivity contribution in [1.82, 2.24) is 10.3 Å². The van der Waals surface area contributed by atoms with Gasteiger partial charge in [0, 0.05) is 0 Å². The normalized spacial score (nSPS) is 13.1. The Bertz CT molecular complexity index is 211. The zero-order chi connectivity index (χ0) is 9.52. The third-order valence-electron chi connectivity index (χ3n) is 1.91. The molecule has 0 saturated carbocycles. The lowest BCUT2D eigenvalue weighted by molar-refractivity contribution is 0.159. The van der Waals surface area contributed by atoms with Crippen LogP contribution in [-0.2, 0) is 6.54 Å². The summed E-state index contributed by atoms with van der Waals surface area (Å²) in [5.74, 6) is 0.825. The van der Waals surface area contributed by atoms with Crippen LogP contribution in [0.1, 0.15) is 25.5 Å². The van der Waals surface area contributed by atoms with Crippen molar-refractivity contribution in [2.24, 2.45) is 0 Å². The highest BCUT2D eigenvalue weighted by Crippen LogP contribution is 1.97. The van der Waals surface area contributed by atoms with Crippen molar-refractivity contribution in [3.8, 4) is 0 Å². The topological polar surface area (TPSA) is 58.3 Å². The van der Waals surface area contributed by atoms with Crippen LogP contribution in [0.15, 0.2) is 17.0 Å². The van der Waals surface area contributed by atoms with E-state index in [1.165, 1.54) is 6.39 Å². The number of hydrogen-bond acceptors (Lipinski definition) is 4. The molecule has 0 aliphatic heterocycles. The van der Waals surface area contributed by atoms with E-state index in [1.807, 2.05) is 6.92 Å². The van der Waals surface area contributed by atoms with Gasteiger partial charge in [-0.3, -0.25) is 0 Å². The standard InChI is InChI=1S/C9H16N2O2/c1-2-8(12)3-4-10-5-9-6-11-7-13-9/h6-8,10,12H,2-5H2,1H3. The van der Waals surface area contributed by atoms with Gasteiger partial charge in [0.15, 0.2) is 6.39 Å². The largest absolute Gasteiger partial charge is 0.447 e.